The summed E-state index contributed by atoms with van der Waals surface area (Å²) in [6.07, 6.45) is 8.11. The van der Waals surface area contributed by atoms with Gasteiger partial charge in [0.25, 0.3) is 0 Å². The van der Waals surface area contributed by atoms with Crippen LogP contribution >= 0.6 is 0 Å². The van der Waals surface area contributed by atoms with Crippen LogP contribution in [0.15, 0.2) is 30.6 Å². The molecule has 1 saturated heterocycles. The molecule has 2 N–H and O–H groups in total. The van der Waals surface area contributed by atoms with E-state index in [1.807, 2.05) is 12.2 Å². The van der Waals surface area contributed by atoms with Crippen LogP contribution < -0.4 is 4.90 Å². The standard InChI is InChI=1S/C21H27N5O4/c1-15(27)30-16(14-26-19(28)17-5-2-3-6-18(17)20(26)29)13-24-9-11-25(12-10-24)21-22-7-4-8-23-21/h2-4,7-8,16,28-29H,5-6,9-14H2,1H3. The number of nitrogens with zero attached hydrogens (tertiary/aromatic N) is 5. The molecule has 3 heterocycles. The molecule has 0 bridgehead atoms. The molecule has 0 saturated carbocycles. The Bertz CT molecular complexity index is 888. The molecule has 1 unspecified atom stereocenters. The second-order valence-electron chi connectivity index (χ2n) is 7.66. The van der Waals surface area contributed by atoms with Crippen molar-refractivity contribution in [2.75, 3.05) is 37.6 Å². The third-order valence-electron chi connectivity index (χ3n) is 5.61. The van der Waals surface area contributed by atoms with Gasteiger partial charge in [0.05, 0.1) is 6.54 Å². The van der Waals surface area contributed by atoms with Crippen molar-refractivity contribution in [1.82, 2.24) is 19.4 Å². The van der Waals surface area contributed by atoms with Gasteiger partial charge in [-0.1, -0.05) is 12.2 Å². The fourth-order valence-corrected chi connectivity index (χ4v) is 4.14. The van der Waals surface area contributed by atoms with Crippen molar-refractivity contribution in [2.45, 2.75) is 32.4 Å². The Morgan fingerprint density at radius 2 is 1.63 bits per heavy atom. The van der Waals surface area contributed by atoms with Gasteiger partial charge in [0, 0.05) is 63.2 Å². The first kappa shape index (κ1) is 20.2. The molecule has 2 aromatic heterocycles. The van der Waals surface area contributed by atoms with Crippen molar-refractivity contribution in [3.05, 3.63) is 41.7 Å². The maximum Gasteiger partial charge on any atom is 0.303 e. The summed E-state index contributed by atoms with van der Waals surface area (Å²) in [5, 5.41) is 21.2. The third kappa shape index (κ3) is 4.25. The molecule has 0 aromatic carbocycles. The highest BCUT2D eigenvalue weighted by molar-refractivity contribution is 5.66. The van der Waals surface area contributed by atoms with Gasteiger partial charge in [-0.05, 0) is 18.9 Å². The lowest BCUT2D eigenvalue weighted by Gasteiger charge is -2.36. The Hall–Kier alpha value is -3.07. The summed E-state index contributed by atoms with van der Waals surface area (Å²) < 4.78 is 6.99. The predicted octanol–water partition coefficient (Wildman–Crippen LogP) is 1.10. The van der Waals surface area contributed by atoms with Crippen molar-refractivity contribution in [3.8, 4) is 11.8 Å². The van der Waals surface area contributed by atoms with Crippen LogP contribution in [0.2, 0.25) is 0 Å². The van der Waals surface area contributed by atoms with E-state index in [-0.39, 0.29) is 24.3 Å². The van der Waals surface area contributed by atoms with Crippen LogP contribution in [-0.4, -0.2) is 74.4 Å². The van der Waals surface area contributed by atoms with Gasteiger partial charge >= 0.3 is 5.97 Å². The van der Waals surface area contributed by atoms with E-state index in [9.17, 15) is 15.0 Å². The molecular formula is C21H27N5O4. The normalized spacial score (nSPS) is 17.6. The van der Waals surface area contributed by atoms with Crippen molar-refractivity contribution >= 4 is 11.9 Å². The van der Waals surface area contributed by atoms with E-state index in [1.165, 1.54) is 11.5 Å². The molecular weight excluding hydrogens is 386 g/mol. The van der Waals surface area contributed by atoms with Crippen LogP contribution in [0.3, 0.4) is 0 Å². The number of ether oxygens (including phenoxy) is 1. The smallest absolute Gasteiger partial charge is 0.303 e. The number of aromatic hydroxyl groups is 2. The van der Waals surface area contributed by atoms with E-state index >= 15 is 0 Å². The number of anilines is 1. The quantitative estimate of drug-likeness (QED) is 0.536. The lowest BCUT2D eigenvalue weighted by Crippen LogP contribution is -2.50. The number of esters is 1. The van der Waals surface area contributed by atoms with Gasteiger partial charge in [-0.25, -0.2) is 9.97 Å². The zero-order chi connectivity index (χ0) is 21.1. The molecule has 0 amide bonds. The van der Waals surface area contributed by atoms with E-state index in [2.05, 4.69) is 19.8 Å². The predicted molar refractivity (Wildman–Crippen MR) is 111 cm³/mol. The first-order chi connectivity index (χ1) is 14.5. The number of hydrogen-bond acceptors (Lipinski definition) is 8. The number of carbonyl (C=O) groups is 1. The van der Waals surface area contributed by atoms with Gasteiger partial charge in [0.15, 0.2) is 11.8 Å². The van der Waals surface area contributed by atoms with Crippen molar-refractivity contribution < 1.29 is 19.7 Å². The van der Waals surface area contributed by atoms with Gasteiger partial charge in [-0.15, -0.1) is 0 Å². The zero-order valence-corrected chi connectivity index (χ0v) is 17.1. The van der Waals surface area contributed by atoms with Crippen LogP contribution in [0.25, 0.3) is 0 Å². The molecule has 1 atom stereocenters. The summed E-state index contributed by atoms with van der Waals surface area (Å²) in [5.74, 6) is 0.439. The molecule has 30 heavy (non-hydrogen) atoms. The molecule has 160 valence electrons. The van der Waals surface area contributed by atoms with Crippen LogP contribution in [0.5, 0.6) is 11.8 Å². The number of rotatable bonds is 6. The molecule has 2 aromatic rings. The summed E-state index contributed by atoms with van der Waals surface area (Å²) in [6.45, 7) is 5.20. The van der Waals surface area contributed by atoms with Gasteiger partial charge < -0.3 is 19.8 Å². The molecule has 1 aliphatic heterocycles. The topological polar surface area (TPSA) is 104 Å². The lowest BCUT2D eigenvalue weighted by molar-refractivity contribution is -0.148. The van der Waals surface area contributed by atoms with E-state index in [0.717, 1.165) is 43.3 Å². The summed E-state index contributed by atoms with van der Waals surface area (Å²) in [7, 11) is 0. The Balaban J connectivity index is 1.42. The SMILES string of the molecule is CC(=O)OC(CN1CCN(c2ncccn2)CC1)Cn1c(O)c2c(c1O)CC=CC2. The molecule has 1 fully saturated rings. The highest BCUT2D eigenvalue weighted by Crippen LogP contribution is 2.37. The Kier molecular flexibility index (Phi) is 5.89. The largest absolute Gasteiger partial charge is 0.494 e. The minimum atomic E-state index is -0.486. The Morgan fingerprint density at radius 1 is 1.03 bits per heavy atom. The third-order valence-corrected chi connectivity index (χ3v) is 5.61. The molecule has 4 rings (SSSR count). The number of hydrogen-bond donors (Lipinski definition) is 2. The van der Waals surface area contributed by atoms with Crippen LogP contribution in [0.1, 0.15) is 18.1 Å². The second-order valence-corrected chi connectivity index (χ2v) is 7.66. The second kappa shape index (κ2) is 8.74. The summed E-state index contributed by atoms with van der Waals surface area (Å²) in [4.78, 5) is 24.6. The summed E-state index contributed by atoms with van der Waals surface area (Å²) in [6, 6.07) is 1.80. The highest BCUT2D eigenvalue weighted by Gasteiger charge is 2.27. The first-order valence-corrected chi connectivity index (χ1v) is 10.2. The van der Waals surface area contributed by atoms with Gasteiger partial charge in [0.1, 0.15) is 6.10 Å². The van der Waals surface area contributed by atoms with E-state index in [0.29, 0.717) is 19.4 Å². The van der Waals surface area contributed by atoms with Crippen LogP contribution in [0, 0.1) is 0 Å². The number of carbonyl (C=O) groups excluding carboxylic acids is 1. The minimum Gasteiger partial charge on any atom is -0.494 e. The number of fused-ring (bicyclic) bond motifs is 1. The van der Waals surface area contributed by atoms with Crippen LogP contribution in [0.4, 0.5) is 5.95 Å². The molecule has 9 nitrogen and oxygen atoms in total. The average molecular weight is 413 g/mol. The highest BCUT2D eigenvalue weighted by atomic mass is 16.5. The number of aromatic nitrogens is 3. The maximum absolute atomic E-state index is 11.7. The number of piperazine rings is 1. The van der Waals surface area contributed by atoms with Gasteiger partial charge in [-0.2, -0.15) is 0 Å². The molecule has 1 aliphatic carbocycles. The first-order valence-electron chi connectivity index (χ1n) is 10.2. The van der Waals surface area contributed by atoms with Crippen molar-refractivity contribution in [2.24, 2.45) is 0 Å². The van der Waals surface area contributed by atoms with E-state index < -0.39 is 6.10 Å². The lowest BCUT2D eigenvalue weighted by atomic mass is 10.0. The van der Waals surface area contributed by atoms with E-state index in [1.54, 1.807) is 18.5 Å². The van der Waals surface area contributed by atoms with Crippen molar-refractivity contribution in [1.29, 1.82) is 0 Å². The molecule has 0 radical (unpaired) electrons. The Morgan fingerprint density at radius 3 is 2.20 bits per heavy atom. The molecule has 2 aliphatic rings. The summed E-state index contributed by atoms with van der Waals surface area (Å²) in [5.41, 5.74) is 1.49. The fraction of sp³-hybridized carbons (Fsp3) is 0.476. The number of allylic oxidation sites excluding steroid dienone is 2. The maximum atomic E-state index is 11.7. The zero-order valence-electron chi connectivity index (χ0n) is 17.1. The average Bonchev–Trinajstić information content (AvgIpc) is 2.99. The minimum absolute atomic E-state index is 0.0510. The van der Waals surface area contributed by atoms with Gasteiger partial charge in [-0.3, -0.25) is 14.3 Å². The van der Waals surface area contributed by atoms with Crippen LogP contribution in [-0.2, 0) is 28.9 Å². The van der Waals surface area contributed by atoms with Crippen molar-refractivity contribution in [3.63, 3.8) is 0 Å². The van der Waals surface area contributed by atoms with Gasteiger partial charge in [0.2, 0.25) is 5.95 Å². The van der Waals surface area contributed by atoms with E-state index in [4.69, 9.17) is 4.74 Å². The summed E-state index contributed by atoms with van der Waals surface area (Å²) >= 11 is 0. The molecule has 0 spiro atoms. The Labute approximate surface area is 175 Å². The monoisotopic (exact) mass is 413 g/mol. The molecule has 9 heteroatoms. The fourth-order valence-electron chi connectivity index (χ4n) is 4.14.